The van der Waals surface area contributed by atoms with E-state index in [0.29, 0.717) is 13.2 Å². The molecule has 0 radical (unpaired) electrons. The van der Waals surface area contributed by atoms with Gasteiger partial charge in [-0.1, -0.05) is 0 Å². The Bertz CT molecular complexity index is 597. The van der Waals surface area contributed by atoms with Crippen LogP contribution < -0.4 is 14.8 Å². The van der Waals surface area contributed by atoms with Crippen LogP contribution in [0.2, 0.25) is 0 Å². The molecular weight excluding hydrogens is 322 g/mol. The van der Waals surface area contributed by atoms with Crippen LogP contribution in [-0.2, 0) is 0 Å². The molecule has 1 unspecified atom stereocenters. The highest BCUT2D eigenvalue weighted by Gasteiger charge is 2.13. The monoisotopic (exact) mass is 337 g/mol. The smallest absolute Gasteiger partial charge is 0.169 e. The zero-order chi connectivity index (χ0) is 13.9. The number of nitrogens with one attached hydrogen (secondary N) is 1. The fourth-order valence-electron chi connectivity index (χ4n) is 2.14. The van der Waals surface area contributed by atoms with E-state index in [1.807, 2.05) is 37.3 Å². The van der Waals surface area contributed by atoms with Gasteiger partial charge in [0, 0.05) is 18.2 Å². The molecule has 0 bridgehead atoms. The average Bonchev–Trinajstić information content (AvgIpc) is 2.74. The molecule has 2 heterocycles. The maximum Gasteiger partial charge on any atom is 0.169 e. The SMILES string of the molecule is CC(Nc1ccc2c(c1)OCCCO2)c1ccc(Br)o1. The lowest BCUT2D eigenvalue weighted by atomic mass is 10.2. The van der Waals surface area contributed by atoms with Crippen molar-refractivity contribution in [1.82, 2.24) is 0 Å². The van der Waals surface area contributed by atoms with E-state index in [9.17, 15) is 0 Å². The Morgan fingerprint density at radius 1 is 1.10 bits per heavy atom. The molecule has 1 aromatic carbocycles. The van der Waals surface area contributed by atoms with Crippen molar-refractivity contribution in [2.24, 2.45) is 0 Å². The third-order valence-corrected chi connectivity index (χ3v) is 3.58. The Hall–Kier alpha value is -1.62. The molecule has 20 heavy (non-hydrogen) atoms. The summed E-state index contributed by atoms with van der Waals surface area (Å²) in [5.74, 6) is 2.48. The van der Waals surface area contributed by atoms with Crippen molar-refractivity contribution in [2.75, 3.05) is 18.5 Å². The molecule has 1 N–H and O–H groups in total. The van der Waals surface area contributed by atoms with Gasteiger partial charge in [0.25, 0.3) is 0 Å². The Morgan fingerprint density at radius 2 is 1.90 bits per heavy atom. The maximum absolute atomic E-state index is 5.68. The second-order valence-corrected chi connectivity index (χ2v) is 5.50. The molecule has 0 amide bonds. The van der Waals surface area contributed by atoms with Gasteiger partial charge in [-0.25, -0.2) is 0 Å². The maximum atomic E-state index is 5.68. The lowest BCUT2D eigenvalue weighted by molar-refractivity contribution is 0.297. The van der Waals surface area contributed by atoms with E-state index in [1.54, 1.807) is 0 Å². The molecule has 0 saturated carbocycles. The third kappa shape index (κ3) is 2.93. The van der Waals surface area contributed by atoms with E-state index in [-0.39, 0.29) is 6.04 Å². The lowest BCUT2D eigenvalue weighted by Crippen LogP contribution is -2.05. The fourth-order valence-corrected chi connectivity index (χ4v) is 2.45. The molecule has 2 aromatic rings. The van der Waals surface area contributed by atoms with Crippen LogP contribution in [0.1, 0.15) is 25.1 Å². The summed E-state index contributed by atoms with van der Waals surface area (Å²) >= 11 is 3.31. The normalized spacial score (nSPS) is 15.5. The molecule has 106 valence electrons. The number of hydrogen-bond acceptors (Lipinski definition) is 4. The Morgan fingerprint density at radius 3 is 2.65 bits per heavy atom. The molecule has 0 aliphatic carbocycles. The van der Waals surface area contributed by atoms with E-state index < -0.39 is 0 Å². The second kappa shape index (κ2) is 5.79. The molecule has 0 fully saturated rings. The molecule has 1 aliphatic heterocycles. The number of rotatable bonds is 3. The minimum atomic E-state index is 0.0750. The van der Waals surface area contributed by atoms with Gasteiger partial charge in [-0.15, -0.1) is 0 Å². The van der Waals surface area contributed by atoms with Crippen LogP contribution in [-0.4, -0.2) is 13.2 Å². The van der Waals surface area contributed by atoms with Crippen molar-refractivity contribution in [3.05, 3.63) is 40.8 Å². The topological polar surface area (TPSA) is 43.6 Å². The highest BCUT2D eigenvalue weighted by atomic mass is 79.9. The van der Waals surface area contributed by atoms with Gasteiger partial charge in [0.1, 0.15) is 5.76 Å². The first-order valence-electron chi connectivity index (χ1n) is 6.64. The van der Waals surface area contributed by atoms with Crippen LogP contribution in [0, 0.1) is 0 Å². The summed E-state index contributed by atoms with van der Waals surface area (Å²) < 4.78 is 17.6. The van der Waals surface area contributed by atoms with Crippen molar-refractivity contribution >= 4 is 21.6 Å². The highest BCUT2D eigenvalue weighted by molar-refractivity contribution is 9.10. The van der Waals surface area contributed by atoms with Gasteiger partial charge in [0.15, 0.2) is 16.2 Å². The van der Waals surface area contributed by atoms with E-state index in [2.05, 4.69) is 21.2 Å². The molecule has 4 nitrogen and oxygen atoms in total. The minimum Gasteiger partial charge on any atom is -0.490 e. The average molecular weight is 338 g/mol. The number of benzene rings is 1. The first-order valence-corrected chi connectivity index (χ1v) is 7.43. The number of ether oxygens (including phenoxy) is 2. The molecule has 0 spiro atoms. The zero-order valence-corrected chi connectivity index (χ0v) is 12.8. The summed E-state index contributed by atoms with van der Waals surface area (Å²) in [5.41, 5.74) is 0.981. The molecular formula is C15H16BrNO3. The van der Waals surface area contributed by atoms with Crippen molar-refractivity contribution in [1.29, 1.82) is 0 Å². The number of fused-ring (bicyclic) bond motifs is 1. The van der Waals surface area contributed by atoms with Gasteiger partial charge in [-0.2, -0.15) is 0 Å². The Kier molecular flexibility index (Phi) is 3.87. The largest absolute Gasteiger partial charge is 0.490 e. The van der Waals surface area contributed by atoms with Gasteiger partial charge >= 0.3 is 0 Å². The van der Waals surface area contributed by atoms with Crippen LogP contribution in [0.5, 0.6) is 11.5 Å². The van der Waals surface area contributed by atoms with Gasteiger partial charge in [0.2, 0.25) is 0 Å². The number of halogens is 1. The molecule has 5 heteroatoms. The zero-order valence-electron chi connectivity index (χ0n) is 11.2. The van der Waals surface area contributed by atoms with E-state index in [1.165, 1.54) is 0 Å². The summed E-state index contributed by atoms with van der Waals surface area (Å²) in [4.78, 5) is 0. The lowest BCUT2D eigenvalue weighted by Gasteiger charge is -2.15. The number of anilines is 1. The van der Waals surface area contributed by atoms with Gasteiger partial charge in [-0.3, -0.25) is 0 Å². The number of furan rings is 1. The Labute approximate surface area is 126 Å². The molecule has 3 rings (SSSR count). The van der Waals surface area contributed by atoms with E-state index >= 15 is 0 Å². The van der Waals surface area contributed by atoms with Crippen molar-refractivity contribution in [3.63, 3.8) is 0 Å². The van der Waals surface area contributed by atoms with Crippen LogP contribution in [0.15, 0.2) is 39.4 Å². The first-order chi connectivity index (χ1) is 9.72. The first kappa shape index (κ1) is 13.4. The van der Waals surface area contributed by atoms with Gasteiger partial charge in [-0.05, 0) is 47.1 Å². The highest BCUT2D eigenvalue weighted by Crippen LogP contribution is 2.33. The second-order valence-electron chi connectivity index (χ2n) is 4.72. The molecule has 1 atom stereocenters. The van der Waals surface area contributed by atoms with Crippen LogP contribution in [0.4, 0.5) is 5.69 Å². The molecule has 1 aromatic heterocycles. The molecule has 0 saturated heterocycles. The summed E-state index contributed by atoms with van der Waals surface area (Å²) in [6, 6.07) is 9.81. The van der Waals surface area contributed by atoms with Crippen molar-refractivity contribution in [2.45, 2.75) is 19.4 Å². The summed E-state index contributed by atoms with van der Waals surface area (Å²) in [5, 5.41) is 3.39. The summed E-state index contributed by atoms with van der Waals surface area (Å²) in [6.45, 7) is 3.45. The van der Waals surface area contributed by atoms with Crippen LogP contribution >= 0.6 is 15.9 Å². The summed E-state index contributed by atoms with van der Waals surface area (Å²) in [6.07, 6.45) is 0.911. The van der Waals surface area contributed by atoms with Crippen molar-refractivity contribution in [3.8, 4) is 11.5 Å². The van der Waals surface area contributed by atoms with E-state index in [0.717, 1.165) is 34.0 Å². The predicted octanol–water partition coefficient (Wildman–Crippen LogP) is 4.38. The minimum absolute atomic E-state index is 0.0750. The standard InChI is InChI=1S/C15H16BrNO3/c1-10(12-5-6-15(16)20-12)17-11-3-4-13-14(9-11)19-8-2-7-18-13/h3-6,9-10,17H,2,7-8H2,1H3. The van der Waals surface area contributed by atoms with E-state index in [4.69, 9.17) is 13.9 Å². The van der Waals surface area contributed by atoms with Crippen LogP contribution in [0.25, 0.3) is 0 Å². The number of hydrogen-bond donors (Lipinski definition) is 1. The van der Waals surface area contributed by atoms with Gasteiger partial charge in [0.05, 0.1) is 19.3 Å². The Balaban J connectivity index is 1.76. The summed E-state index contributed by atoms with van der Waals surface area (Å²) in [7, 11) is 0. The predicted molar refractivity (Wildman–Crippen MR) is 80.5 cm³/mol. The molecule has 1 aliphatic rings. The quantitative estimate of drug-likeness (QED) is 0.902. The third-order valence-electron chi connectivity index (χ3n) is 3.15. The fraction of sp³-hybridized carbons (Fsp3) is 0.333. The van der Waals surface area contributed by atoms with Crippen molar-refractivity contribution < 1.29 is 13.9 Å². The van der Waals surface area contributed by atoms with Crippen LogP contribution in [0.3, 0.4) is 0 Å². The van der Waals surface area contributed by atoms with Gasteiger partial charge < -0.3 is 19.2 Å².